The van der Waals surface area contributed by atoms with Crippen LogP contribution in [0.1, 0.15) is 0 Å². The standard InChI is InChI=1S/C2H8O5P2/c1-7-8(3)2-9(4,5)6/h8H,2H2,1H3,(H2,4,5,6). The predicted octanol–water partition coefficient (Wildman–Crippen LogP) is 0.243. The van der Waals surface area contributed by atoms with Crippen LogP contribution in [0.3, 0.4) is 0 Å². The highest BCUT2D eigenvalue weighted by Gasteiger charge is 2.16. The van der Waals surface area contributed by atoms with Gasteiger partial charge in [-0.3, -0.25) is 9.13 Å². The third-order valence-corrected chi connectivity index (χ3v) is 3.70. The fraction of sp³-hybridized carbons (Fsp3) is 1.00. The van der Waals surface area contributed by atoms with Crippen LogP contribution in [-0.4, -0.2) is 22.8 Å². The van der Waals surface area contributed by atoms with E-state index >= 15 is 0 Å². The summed E-state index contributed by atoms with van der Waals surface area (Å²) in [6.45, 7) is 0. The lowest BCUT2D eigenvalue weighted by atomic mass is 11.8. The fourth-order valence-electron chi connectivity index (χ4n) is 0.233. The lowest BCUT2D eigenvalue weighted by Crippen LogP contribution is -1.81. The molecule has 0 heterocycles. The van der Waals surface area contributed by atoms with E-state index in [4.69, 9.17) is 9.79 Å². The van der Waals surface area contributed by atoms with E-state index in [2.05, 4.69) is 4.52 Å². The summed E-state index contributed by atoms with van der Waals surface area (Å²) in [5.41, 5.74) is 0. The minimum Gasteiger partial charge on any atom is -0.333 e. The SMILES string of the molecule is CO[PH](=O)CP(=O)(O)O. The van der Waals surface area contributed by atoms with Gasteiger partial charge >= 0.3 is 7.60 Å². The summed E-state index contributed by atoms with van der Waals surface area (Å²) in [5, 5.41) is 0. The van der Waals surface area contributed by atoms with E-state index in [-0.39, 0.29) is 0 Å². The minimum absolute atomic E-state index is 0.659. The van der Waals surface area contributed by atoms with Gasteiger partial charge in [-0.25, -0.2) is 0 Å². The monoisotopic (exact) mass is 174 g/mol. The van der Waals surface area contributed by atoms with Crippen molar-refractivity contribution >= 4 is 15.6 Å². The molecule has 56 valence electrons. The van der Waals surface area contributed by atoms with Crippen molar-refractivity contribution < 1.29 is 23.4 Å². The molecule has 0 amide bonds. The van der Waals surface area contributed by atoms with Crippen molar-refractivity contribution in [3.8, 4) is 0 Å². The summed E-state index contributed by atoms with van der Waals surface area (Å²) in [7, 11) is -5.48. The summed E-state index contributed by atoms with van der Waals surface area (Å²) in [6.07, 6.45) is 0. The predicted molar refractivity (Wildman–Crippen MR) is 32.9 cm³/mol. The van der Waals surface area contributed by atoms with Crippen molar-refractivity contribution in [1.29, 1.82) is 0 Å². The summed E-state index contributed by atoms with van der Waals surface area (Å²) in [5.74, 6) is -0.659. The molecular formula is C2H8O5P2. The normalized spacial score (nSPS) is 15.4. The molecule has 2 N–H and O–H groups in total. The van der Waals surface area contributed by atoms with Gasteiger partial charge in [-0.1, -0.05) is 0 Å². The zero-order valence-electron chi connectivity index (χ0n) is 4.77. The first kappa shape index (κ1) is 9.34. The Balaban J connectivity index is 3.75. The highest BCUT2D eigenvalue weighted by molar-refractivity contribution is 7.64. The van der Waals surface area contributed by atoms with Gasteiger partial charge in [-0.05, 0) is 0 Å². The van der Waals surface area contributed by atoms with Crippen molar-refractivity contribution in [3.05, 3.63) is 0 Å². The molecular weight excluding hydrogens is 166 g/mol. The number of hydrogen-bond acceptors (Lipinski definition) is 3. The molecule has 0 saturated carbocycles. The zero-order chi connectivity index (χ0) is 7.49. The van der Waals surface area contributed by atoms with E-state index in [1.807, 2.05) is 0 Å². The van der Waals surface area contributed by atoms with Gasteiger partial charge in [0, 0.05) is 7.11 Å². The van der Waals surface area contributed by atoms with Crippen LogP contribution in [0.2, 0.25) is 0 Å². The first-order chi connectivity index (χ1) is 3.95. The van der Waals surface area contributed by atoms with Gasteiger partial charge in [0.2, 0.25) is 8.03 Å². The van der Waals surface area contributed by atoms with Crippen LogP contribution < -0.4 is 0 Å². The molecule has 0 aliphatic rings. The highest BCUT2D eigenvalue weighted by Crippen LogP contribution is 2.44. The summed E-state index contributed by atoms with van der Waals surface area (Å²) >= 11 is 0. The van der Waals surface area contributed by atoms with Gasteiger partial charge in [-0.2, -0.15) is 0 Å². The molecule has 0 rings (SSSR count). The Kier molecular flexibility index (Phi) is 3.63. The Morgan fingerprint density at radius 2 is 2.11 bits per heavy atom. The quantitative estimate of drug-likeness (QED) is 0.598. The summed E-state index contributed by atoms with van der Waals surface area (Å²) in [6, 6.07) is 0. The molecule has 0 aromatic rings. The third kappa shape index (κ3) is 6.22. The molecule has 0 aliphatic heterocycles. The smallest absolute Gasteiger partial charge is 0.333 e. The maximum Gasteiger partial charge on any atom is 0.334 e. The first-order valence-electron chi connectivity index (χ1n) is 2.07. The van der Waals surface area contributed by atoms with Gasteiger partial charge in [0.25, 0.3) is 0 Å². The third-order valence-electron chi connectivity index (χ3n) is 0.563. The van der Waals surface area contributed by atoms with Gasteiger partial charge in [-0.15, -0.1) is 0 Å². The van der Waals surface area contributed by atoms with Crippen molar-refractivity contribution in [2.45, 2.75) is 0 Å². The van der Waals surface area contributed by atoms with Crippen molar-refractivity contribution in [1.82, 2.24) is 0 Å². The second-order valence-electron chi connectivity index (χ2n) is 1.40. The topological polar surface area (TPSA) is 83.8 Å². The van der Waals surface area contributed by atoms with Crippen molar-refractivity contribution in [2.75, 3.05) is 13.0 Å². The lowest BCUT2D eigenvalue weighted by molar-refractivity contribution is 0.372. The Labute approximate surface area is 53.1 Å². The molecule has 0 radical (unpaired) electrons. The maximum atomic E-state index is 10.3. The Hall–Kier alpha value is 0.340. The molecule has 0 saturated heterocycles. The first-order valence-corrected chi connectivity index (χ1v) is 5.39. The van der Waals surface area contributed by atoms with Gasteiger partial charge in [0.05, 0.1) is 0 Å². The van der Waals surface area contributed by atoms with Crippen LogP contribution in [0.25, 0.3) is 0 Å². The molecule has 1 atom stereocenters. The Morgan fingerprint density at radius 1 is 1.67 bits per heavy atom. The van der Waals surface area contributed by atoms with Crippen LogP contribution in [0.15, 0.2) is 0 Å². The molecule has 0 fully saturated rings. The average Bonchev–Trinajstić information content (AvgIpc) is 1.62. The Morgan fingerprint density at radius 3 is 2.22 bits per heavy atom. The molecule has 0 aliphatic carbocycles. The van der Waals surface area contributed by atoms with E-state index in [1.165, 1.54) is 0 Å². The van der Waals surface area contributed by atoms with E-state index in [0.717, 1.165) is 7.11 Å². The molecule has 9 heavy (non-hydrogen) atoms. The van der Waals surface area contributed by atoms with E-state index in [9.17, 15) is 9.13 Å². The second-order valence-corrected chi connectivity index (χ2v) is 5.15. The van der Waals surface area contributed by atoms with Gasteiger partial charge in [0.1, 0.15) is 5.90 Å². The van der Waals surface area contributed by atoms with Crippen LogP contribution in [0.4, 0.5) is 0 Å². The van der Waals surface area contributed by atoms with Crippen molar-refractivity contribution in [3.63, 3.8) is 0 Å². The zero-order valence-corrected chi connectivity index (χ0v) is 6.67. The van der Waals surface area contributed by atoms with Gasteiger partial charge < -0.3 is 14.3 Å². The molecule has 0 bridgehead atoms. The van der Waals surface area contributed by atoms with E-state index in [0.29, 0.717) is 0 Å². The Bertz CT molecular complexity index is 147. The number of rotatable bonds is 3. The van der Waals surface area contributed by atoms with E-state index < -0.39 is 21.5 Å². The van der Waals surface area contributed by atoms with Crippen LogP contribution in [0.5, 0.6) is 0 Å². The molecule has 0 aromatic heterocycles. The van der Waals surface area contributed by atoms with Crippen LogP contribution in [0, 0.1) is 0 Å². The van der Waals surface area contributed by atoms with Crippen molar-refractivity contribution in [2.24, 2.45) is 0 Å². The lowest BCUT2D eigenvalue weighted by Gasteiger charge is -2.00. The molecule has 0 aromatic carbocycles. The second kappa shape index (κ2) is 3.49. The minimum atomic E-state index is -4.13. The van der Waals surface area contributed by atoms with E-state index in [1.54, 1.807) is 0 Å². The van der Waals surface area contributed by atoms with Crippen LogP contribution in [-0.2, 0) is 13.7 Å². The molecule has 1 unspecified atom stereocenters. The molecule has 7 heteroatoms. The largest absolute Gasteiger partial charge is 0.334 e. The summed E-state index contributed by atoms with van der Waals surface area (Å²) in [4.78, 5) is 16.4. The summed E-state index contributed by atoms with van der Waals surface area (Å²) < 4.78 is 24.5. The molecule has 0 spiro atoms. The fourth-order valence-corrected chi connectivity index (χ4v) is 2.09. The maximum absolute atomic E-state index is 10.3. The van der Waals surface area contributed by atoms with Crippen LogP contribution >= 0.6 is 15.6 Å². The number of hydrogen-bond donors (Lipinski definition) is 2. The highest BCUT2D eigenvalue weighted by atomic mass is 31.2. The average molecular weight is 174 g/mol. The molecule has 5 nitrogen and oxygen atoms in total. The van der Waals surface area contributed by atoms with Gasteiger partial charge in [0.15, 0.2) is 0 Å².